The van der Waals surface area contributed by atoms with Crippen LogP contribution >= 0.6 is 11.6 Å². The summed E-state index contributed by atoms with van der Waals surface area (Å²) in [6, 6.07) is 0. The molecular weight excluding hydrogens is 414 g/mol. The van der Waals surface area contributed by atoms with Gasteiger partial charge in [0.05, 0.1) is 24.0 Å². The molecule has 152 valence electrons. The first-order chi connectivity index (χ1) is 13.2. The van der Waals surface area contributed by atoms with Gasteiger partial charge in [-0.05, 0) is 4.92 Å². The number of hydrogen-bond donors (Lipinski definition) is 0. The topological polar surface area (TPSA) is 136 Å². The van der Waals surface area contributed by atoms with Crippen LogP contribution in [0.1, 0.15) is 6.42 Å². The fourth-order valence-electron chi connectivity index (χ4n) is 2.85. The molecule has 12 nitrogen and oxygen atoms in total. The summed E-state index contributed by atoms with van der Waals surface area (Å²) in [4.78, 5) is 24.1. The van der Waals surface area contributed by atoms with Gasteiger partial charge in [0.15, 0.2) is 5.02 Å². The zero-order chi connectivity index (χ0) is 20.5. The van der Waals surface area contributed by atoms with Crippen molar-refractivity contribution in [2.24, 2.45) is 7.05 Å². The minimum absolute atomic E-state index is 0.0739. The largest absolute Gasteiger partial charge is 0.408 e. The molecule has 2 aromatic rings. The van der Waals surface area contributed by atoms with E-state index >= 15 is 0 Å². The molecule has 3 rings (SSSR count). The molecule has 14 heteroatoms. The van der Waals surface area contributed by atoms with Gasteiger partial charge in [-0.3, -0.25) is 9.48 Å². The van der Waals surface area contributed by atoms with Crippen molar-refractivity contribution in [3.05, 3.63) is 33.7 Å². The van der Waals surface area contributed by atoms with Crippen LogP contribution in [0.25, 0.3) is 0 Å². The van der Waals surface area contributed by atoms with E-state index < -0.39 is 20.8 Å². The second kappa shape index (κ2) is 7.85. The summed E-state index contributed by atoms with van der Waals surface area (Å²) in [7, 11) is -2.00. The van der Waals surface area contributed by atoms with E-state index in [0.717, 1.165) is 0 Å². The van der Waals surface area contributed by atoms with Gasteiger partial charge >= 0.3 is 5.82 Å². The van der Waals surface area contributed by atoms with Crippen LogP contribution in [0.15, 0.2) is 23.5 Å². The Hall–Kier alpha value is -2.51. The van der Waals surface area contributed by atoms with E-state index in [1.54, 1.807) is 11.9 Å². The highest BCUT2D eigenvalue weighted by Crippen LogP contribution is 2.21. The smallest absolute Gasteiger partial charge is 0.358 e. The number of aryl methyl sites for hydroxylation is 2. The van der Waals surface area contributed by atoms with E-state index in [1.165, 1.54) is 32.3 Å². The molecular formula is C14H18ClN7O5S. The highest BCUT2D eigenvalue weighted by molar-refractivity contribution is 7.89. The van der Waals surface area contributed by atoms with Gasteiger partial charge in [-0.2, -0.15) is 14.1 Å². The SMILES string of the molecule is Cn1cc(S(=O)(=O)N2CCN(C(=O)CCn3cc(Cl)c([N+](=O)[O-])n3)CC2)cn1. The number of piperazine rings is 1. The fraction of sp³-hybridized carbons (Fsp3) is 0.500. The number of hydrogen-bond acceptors (Lipinski definition) is 7. The molecule has 3 heterocycles. The van der Waals surface area contributed by atoms with Gasteiger partial charge in [-0.1, -0.05) is 11.6 Å². The van der Waals surface area contributed by atoms with Crippen molar-refractivity contribution in [3.8, 4) is 0 Å². The van der Waals surface area contributed by atoms with Crippen molar-refractivity contribution in [3.63, 3.8) is 0 Å². The fourth-order valence-corrected chi connectivity index (χ4v) is 4.48. The molecule has 0 radical (unpaired) electrons. The number of nitrogens with zero attached hydrogens (tertiary/aromatic N) is 7. The van der Waals surface area contributed by atoms with E-state index in [2.05, 4.69) is 10.2 Å². The van der Waals surface area contributed by atoms with Crippen molar-refractivity contribution >= 4 is 33.3 Å². The molecule has 0 aliphatic carbocycles. The van der Waals surface area contributed by atoms with E-state index in [-0.39, 0.29) is 55.0 Å². The maximum atomic E-state index is 12.6. The average Bonchev–Trinajstić information content (AvgIpc) is 3.26. The molecule has 1 fully saturated rings. The highest BCUT2D eigenvalue weighted by atomic mass is 35.5. The second-order valence-corrected chi connectivity index (χ2v) is 8.55. The number of sulfonamides is 1. The van der Waals surface area contributed by atoms with Crippen molar-refractivity contribution in [2.45, 2.75) is 17.9 Å². The lowest BCUT2D eigenvalue weighted by molar-refractivity contribution is -0.389. The number of nitro groups is 1. The molecule has 0 unspecified atom stereocenters. The summed E-state index contributed by atoms with van der Waals surface area (Å²) in [5, 5.41) is 18.3. The van der Waals surface area contributed by atoms with Crippen LogP contribution in [0.4, 0.5) is 5.82 Å². The summed E-state index contributed by atoms with van der Waals surface area (Å²) < 4.78 is 29.1. The minimum atomic E-state index is -3.64. The molecule has 0 spiro atoms. The third-order valence-corrected chi connectivity index (χ3v) is 6.46. The summed E-state index contributed by atoms with van der Waals surface area (Å²) in [6.07, 6.45) is 4.10. The Labute approximate surface area is 165 Å². The van der Waals surface area contributed by atoms with Crippen molar-refractivity contribution in [1.29, 1.82) is 0 Å². The normalized spacial score (nSPS) is 15.7. The molecule has 0 bridgehead atoms. The number of aromatic nitrogens is 4. The molecule has 1 saturated heterocycles. The lowest BCUT2D eigenvalue weighted by Gasteiger charge is -2.33. The van der Waals surface area contributed by atoms with Crippen LogP contribution < -0.4 is 0 Å². The first kappa shape index (κ1) is 20.2. The third kappa shape index (κ3) is 4.15. The van der Waals surface area contributed by atoms with E-state index in [4.69, 9.17) is 11.6 Å². The molecule has 1 amide bonds. The van der Waals surface area contributed by atoms with Crippen LogP contribution in [0.2, 0.25) is 5.02 Å². The van der Waals surface area contributed by atoms with E-state index in [1.807, 2.05) is 0 Å². The standard InChI is InChI=1S/C14H18ClN7O5S/c1-18-9-11(8-16-18)28(26,27)21-6-4-19(5-7-21)13(23)2-3-20-10-12(15)14(17-20)22(24)25/h8-10H,2-7H2,1H3. The zero-order valence-corrected chi connectivity index (χ0v) is 16.5. The number of halogens is 1. The van der Waals surface area contributed by atoms with Crippen LogP contribution in [0.5, 0.6) is 0 Å². The minimum Gasteiger partial charge on any atom is -0.358 e. The molecule has 28 heavy (non-hydrogen) atoms. The van der Waals surface area contributed by atoms with Crippen LogP contribution in [-0.4, -0.2) is 74.2 Å². The molecule has 0 N–H and O–H groups in total. The van der Waals surface area contributed by atoms with Gasteiger partial charge in [0.2, 0.25) is 15.9 Å². The highest BCUT2D eigenvalue weighted by Gasteiger charge is 2.31. The van der Waals surface area contributed by atoms with Crippen LogP contribution in [0, 0.1) is 10.1 Å². The summed E-state index contributed by atoms with van der Waals surface area (Å²) in [5.74, 6) is -0.643. The Morgan fingerprint density at radius 2 is 1.96 bits per heavy atom. The monoisotopic (exact) mass is 431 g/mol. The Morgan fingerprint density at radius 1 is 1.29 bits per heavy atom. The lowest BCUT2D eigenvalue weighted by atomic mass is 10.3. The molecule has 1 aliphatic heterocycles. The summed E-state index contributed by atoms with van der Waals surface area (Å²) in [5.41, 5.74) is 0. The van der Waals surface area contributed by atoms with Gasteiger partial charge in [-0.25, -0.2) is 8.42 Å². The van der Waals surface area contributed by atoms with Crippen molar-refractivity contribution in [1.82, 2.24) is 28.8 Å². The van der Waals surface area contributed by atoms with Crippen molar-refractivity contribution in [2.75, 3.05) is 26.2 Å². The predicted molar refractivity (Wildman–Crippen MR) is 97.1 cm³/mol. The number of rotatable bonds is 6. The summed E-state index contributed by atoms with van der Waals surface area (Å²) in [6.45, 7) is 1.03. The number of carbonyl (C=O) groups is 1. The third-order valence-electron chi connectivity index (χ3n) is 4.34. The molecule has 0 saturated carbocycles. The van der Waals surface area contributed by atoms with Gasteiger partial charge in [0.1, 0.15) is 4.90 Å². The maximum absolute atomic E-state index is 12.6. The molecule has 1 aliphatic rings. The number of amides is 1. The lowest BCUT2D eigenvalue weighted by Crippen LogP contribution is -2.50. The van der Waals surface area contributed by atoms with E-state index in [9.17, 15) is 23.3 Å². The first-order valence-electron chi connectivity index (χ1n) is 8.32. The first-order valence-corrected chi connectivity index (χ1v) is 10.1. The quantitative estimate of drug-likeness (QED) is 0.467. The zero-order valence-electron chi connectivity index (χ0n) is 14.9. The Kier molecular flexibility index (Phi) is 5.67. The van der Waals surface area contributed by atoms with Gasteiger partial charge in [0.25, 0.3) is 0 Å². The maximum Gasteiger partial charge on any atom is 0.408 e. The van der Waals surface area contributed by atoms with Gasteiger partial charge in [0, 0.05) is 45.8 Å². The van der Waals surface area contributed by atoms with Gasteiger partial charge < -0.3 is 15.0 Å². The van der Waals surface area contributed by atoms with Crippen LogP contribution in [0.3, 0.4) is 0 Å². The van der Waals surface area contributed by atoms with Crippen LogP contribution in [-0.2, 0) is 28.4 Å². The summed E-state index contributed by atoms with van der Waals surface area (Å²) >= 11 is 5.73. The molecule has 0 aromatic carbocycles. The second-order valence-electron chi connectivity index (χ2n) is 6.21. The molecule has 2 aromatic heterocycles. The van der Waals surface area contributed by atoms with E-state index in [0.29, 0.717) is 0 Å². The van der Waals surface area contributed by atoms with Crippen molar-refractivity contribution < 1.29 is 18.1 Å². The number of carbonyl (C=O) groups excluding carboxylic acids is 1. The Bertz CT molecular complexity index is 994. The Morgan fingerprint density at radius 3 is 2.50 bits per heavy atom. The Balaban J connectivity index is 1.54. The predicted octanol–water partition coefficient (Wildman–Crippen LogP) is 0.101. The average molecular weight is 432 g/mol. The van der Waals surface area contributed by atoms with Gasteiger partial charge in [-0.15, -0.1) is 0 Å². The molecule has 0 atom stereocenters.